The molecular weight excluding hydrogens is 162 g/mol. The van der Waals surface area contributed by atoms with Crippen LogP contribution in [0.4, 0.5) is 0 Å². The van der Waals surface area contributed by atoms with Crippen molar-refractivity contribution in [1.29, 1.82) is 0 Å². The van der Waals surface area contributed by atoms with Crippen molar-refractivity contribution in [3.05, 3.63) is 0 Å². The Kier molecular flexibility index (Phi) is 7.76. The fourth-order valence-corrected chi connectivity index (χ4v) is 1.30. The van der Waals surface area contributed by atoms with E-state index in [1.165, 1.54) is 25.7 Å². The fraction of sp³-hybridized carbons (Fsp3) is 0.909. The van der Waals surface area contributed by atoms with Crippen LogP contribution in [0.15, 0.2) is 0 Å². The number of unbranched alkanes of at least 4 members (excludes halogenated alkanes) is 3. The average Bonchev–Trinajstić information content (AvgIpc) is 2.01. The van der Waals surface area contributed by atoms with Crippen LogP contribution in [0.1, 0.15) is 52.9 Å². The van der Waals surface area contributed by atoms with E-state index in [0.717, 1.165) is 18.9 Å². The first kappa shape index (κ1) is 12.5. The third-order valence-electron chi connectivity index (χ3n) is 2.08. The monoisotopic (exact) mass is 185 g/mol. The molecule has 0 aromatic heterocycles. The summed E-state index contributed by atoms with van der Waals surface area (Å²) in [6, 6.07) is 0. The number of carbonyl (C=O) groups is 1. The van der Waals surface area contributed by atoms with Gasteiger partial charge in [0.05, 0.1) is 0 Å². The molecule has 0 fully saturated rings. The van der Waals surface area contributed by atoms with Gasteiger partial charge < -0.3 is 5.32 Å². The molecule has 1 N–H and O–H groups in total. The molecule has 2 heteroatoms. The minimum atomic E-state index is 0.0854. The summed E-state index contributed by atoms with van der Waals surface area (Å²) in [5.41, 5.74) is 0. The van der Waals surface area contributed by atoms with Gasteiger partial charge in [-0.1, -0.05) is 39.5 Å². The van der Waals surface area contributed by atoms with E-state index in [1.54, 1.807) is 6.92 Å². The van der Waals surface area contributed by atoms with E-state index in [9.17, 15) is 4.79 Å². The minimum Gasteiger partial charge on any atom is -0.356 e. The van der Waals surface area contributed by atoms with Crippen LogP contribution < -0.4 is 5.32 Å². The van der Waals surface area contributed by atoms with Crippen molar-refractivity contribution in [2.45, 2.75) is 52.9 Å². The zero-order valence-corrected chi connectivity index (χ0v) is 9.23. The summed E-state index contributed by atoms with van der Waals surface area (Å²) in [4.78, 5) is 10.5. The zero-order valence-electron chi connectivity index (χ0n) is 9.23. The second-order valence-corrected chi connectivity index (χ2v) is 4.08. The molecule has 0 aliphatic heterocycles. The van der Waals surface area contributed by atoms with Gasteiger partial charge in [-0.25, -0.2) is 0 Å². The van der Waals surface area contributed by atoms with Crippen molar-refractivity contribution >= 4 is 5.91 Å². The smallest absolute Gasteiger partial charge is 0.216 e. The number of rotatable bonds is 7. The molecule has 0 unspecified atom stereocenters. The van der Waals surface area contributed by atoms with Gasteiger partial charge in [0.2, 0.25) is 5.91 Å². The van der Waals surface area contributed by atoms with Crippen molar-refractivity contribution in [1.82, 2.24) is 5.32 Å². The van der Waals surface area contributed by atoms with Crippen LogP contribution in [0.5, 0.6) is 0 Å². The Morgan fingerprint density at radius 1 is 1.15 bits per heavy atom. The highest BCUT2D eigenvalue weighted by molar-refractivity contribution is 5.72. The maximum absolute atomic E-state index is 10.5. The maximum Gasteiger partial charge on any atom is 0.216 e. The van der Waals surface area contributed by atoms with Gasteiger partial charge in [0.25, 0.3) is 0 Å². The summed E-state index contributed by atoms with van der Waals surface area (Å²) < 4.78 is 0. The Hall–Kier alpha value is -0.530. The lowest BCUT2D eigenvalue weighted by Gasteiger charge is -2.04. The molecule has 1 amide bonds. The van der Waals surface area contributed by atoms with Crippen LogP contribution in [0.2, 0.25) is 0 Å². The molecule has 0 aliphatic rings. The van der Waals surface area contributed by atoms with Gasteiger partial charge in [-0.2, -0.15) is 0 Å². The van der Waals surface area contributed by atoms with Crippen LogP contribution >= 0.6 is 0 Å². The first-order chi connectivity index (χ1) is 6.13. The minimum absolute atomic E-state index is 0.0854. The molecule has 0 saturated carbocycles. The lowest BCUT2D eigenvalue weighted by Crippen LogP contribution is -2.20. The Labute approximate surface area is 82.1 Å². The molecule has 0 aliphatic carbocycles. The second-order valence-electron chi connectivity index (χ2n) is 4.08. The summed E-state index contributed by atoms with van der Waals surface area (Å²) >= 11 is 0. The normalized spacial score (nSPS) is 10.5. The van der Waals surface area contributed by atoms with Crippen molar-refractivity contribution < 1.29 is 4.79 Å². The first-order valence-electron chi connectivity index (χ1n) is 5.37. The first-order valence-corrected chi connectivity index (χ1v) is 5.37. The van der Waals surface area contributed by atoms with Crippen molar-refractivity contribution in [3.63, 3.8) is 0 Å². The molecule has 0 aromatic rings. The van der Waals surface area contributed by atoms with Crippen LogP contribution in [0.3, 0.4) is 0 Å². The van der Waals surface area contributed by atoms with Gasteiger partial charge in [0, 0.05) is 13.5 Å². The molecule has 0 radical (unpaired) electrons. The molecule has 2 nitrogen and oxygen atoms in total. The van der Waals surface area contributed by atoms with E-state index in [4.69, 9.17) is 0 Å². The standard InChI is InChI=1S/C11H23NO/c1-10(2)8-6-4-5-7-9-12-11(3)13/h10H,4-9H2,1-3H3,(H,12,13). The Morgan fingerprint density at radius 2 is 1.77 bits per heavy atom. The fourth-order valence-electron chi connectivity index (χ4n) is 1.30. The predicted molar refractivity (Wildman–Crippen MR) is 56.6 cm³/mol. The van der Waals surface area contributed by atoms with Crippen LogP contribution in [0.25, 0.3) is 0 Å². The van der Waals surface area contributed by atoms with Crippen LogP contribution in [-0.4, -0.2) is 12.5 Å². The number of hydrogen-bond acceptors (Lipinski definition) is 1. The van der Waals surface area contributed by atoms with Gasteiger partial charge >= 0.3 is 0 Å². The lowest BCUT2D eigenvalue weighted by molar-refractivity contribution is -0.118. The number of amides is 1. The summed E-state index contributed by atoms with van der Waals surface area (Å²) in [6.45, 7) is 6.93. The highest BCUT2D eigenvalue weighted by Gasteiger charge is 1.94. The van der Waals surface area contributed by atoms with E-state index in [0.29, 0.717) is 0 Å². The highest BCUT2D eigenvalue weighted by Crippen LogP contribution is 2.08. The molecular formula is C11H23NO. The predicted octanol–water partition coefficient (Wildman–Crippen LogP) is 2.73. The largest absolute Gasteiger partial charge is 0.356 e. The number of hydrogen-bond donors (Lipinski definition) is 1. The third-order valence-corrected chi connectivity index (χ3v) is 2.08. The van der Waals surface area contributed by atoms with Crippen molar-refractivity contribution in [2.24, 2.45) is 5.92 Å². The summed E-state index contributed by atoms with van der Waals surface area (Å²) in [6.07, 6.45) is 6.33. The zero-order chi connectivity index (χ0) is 10.1. The van der Waals surface area contributed by atoms with Crippen LogP contribution in [0, 0.1) is 5.92 Å². The molecule has 0 saturated heterocycles. The van der Waals surface area contributed by atoms with Gasteiger partial charge in [-0.05, 0) is 12.3 Å². The number of carbonyl (C=O) groups excluding carboxylic acids is 1. The van der Waals surface area contributed by atoms with Gasteiger partial charge in [0.15, 0.2) is 0 Å². The van der Waals surface area contributed by atoms with E-state index in [2.05, 4.69) is 19.2 Å². The van der Waals surface area contributed by atoms with Gasteiger partial charge in [-0.15, -0.1) is 0 Å². The summed E-state index contributed by atoms with van der Waals surface area (Å²) in [5, 5.41) is 2.81. The maximum atomic E-state index is 10.5. The van der Waals surface area contributed by atoms with E-state index >= 15 is 0 Å². The summed E-state index contributed by atoms with van der Waals surface area (Å²) in [5.74, 6) is 0.914. The SMILES string of the molecule is CC(=O)NCCCCCCC(C)C. The second kappa shape index (κ2) is 8.09. The lowest BCUT2D eigenvalue weighted by atomic mass is 10.0. The Balaban J connectivity index is 2.96. The molecule has 0 atom stereocenters. The van der Waals surface area contributed by atoms with Crippen molar-refractivity contribution in [3.8, 4) is 0 Å². The molecule has 0 rings (SSSR count). The molecule has 0 heterocycles. The van der Waals surface area contributed by atoms with E-state index < -0.39 is 0 Å². The number of nitrogens with one attached hydrogen (secondary N) is 1. The van der Waals surface area contributed by atoms with E-state index in [-0.39, 0.29) is 5.91 Å². The average molecular weight is 185 g/mol. The van der Waals surface area contributed by atoms with Crippen molar-refractivity contribution in [2.75, 3.05) is 6.54 Å². The van der Waals surface area contributed by atoms with Gasteiger partial charge in [-0.3, -0.25) is 4.79 Å². The topological polar surface area (TPSA) is 29.1 Å². The van der Waals surface area contributed by atoms with E-state index in [1.807, 2.05) is 0 Å². The molecule has 0 aromatic carbocycles. The third kappa shape index (κ3) is 11.5. The molecule has 0 bridgehead atoms. The molecule has 13 heavy (non-hydrogen) atoms. The Bertz CT molecular complexity index is 132. The Morgan fingerprint density at radius 3 is 2.31 bits per heavy atom. The molecule has 0 spiro atoms. The summed E-state index contributed by atoms with van der Waals surface area (Å²) in [7, 11) is 0. The van der Waals surface area contributed by atoms with Crippen LogP contribution in [-0.2, 0) is 4.79 Å². The molecule has 78 valence electrons. The quantitative estimate of drug-likeness (QED) is 0.607. The van der Waals surface area contributed by atoms with Gasteiger partial charge in [0.1, 0.15) is 0 Å². The highest BCUT2D eigenvalue weighted by atomic mass is 16.1.